The lowest BCUT2D eigenvalue weighted by Crippen LogP contribution is -2.11. The maximum Gasteiger partial charge on any atom is 0.265 e. The summed E-state index contributed by atoms with van der Waals surface area (Å²) in [6, 6.07) is 6.92. The number of nitrogens with one attached hydrogen (secondary N) is 1. The van der Waals surface area contributed by atoms with Gasteiger partial charge in [0, 0.05) is 12.1 Å². The van der Waals surface area contributed by atoms with Crippen LogP contribution in [0.5, 0.6) is 11.5 Å². The van der Waals surface area contributed by atoms with Gasteiger partial charge < -0.3 is 14.8 Å². The number of benzene rings is 1. The molecule has 0 fully saturated rings. The molecule has 0 bridgehead atoms. The topological polar surface area (TPSA) is 47.6 Å². The minimum Gasteiger partial charge on any atom is -0.490 e. The highest BCUT2D eigenvalue weighted by atomic mass is 35.5. The van der Waals surface area contributed by atoms with Crippen molar-refractivity contribution in [3.05, 3.63) is 39.5 Å². The number of hydrogen-bond donors (Lipinski definition) is 1. The molecule has 4 nitrogen and oxygen atoms in total. The van der Waals surface area contributed by atoms with E-state index in [-0.39, 0.29) is 5.91 Å². The van der Waals surface area contributed by atoms with E-state index in [1.807, 2.05) is 25.3 Å². The van der Waals surface area contributed by atoms with Crippen molar-refractivity contribution in [3.8, 4) is 11.5 Å². The minimum atomic E-state index is -0.196. The molecule has 1 aromatic heterocycles. The van der Waals surface area contributed by atoms with Crippen LogP contribution in [-0.2, 0) is 0 Å². The molecule has 1 amide bonds. The Morgan fingerprint density at radius 3 is 2.48 bits per heavy atom. The van der Waals surface area contributed by atoms with Gasteiger partial charge in [0.15, 0.2) is 11.5 Å². The van der Waals surface area contributed by atoms with Crippen LogP contribution in [0.4, 0.5) is 5.69 Å². The van der Waals surface area contributed by atoms with Gasteiger partial charge in [0.05, 0.1) is 28.8 Å². The van der Waals surface area contributed by atoms with E-state index in [4.69, 9.17) is 21.1 Å². The third-order valence-electron chi connectivity index (χ3n) is 2.63. The summed E-state index contributed by atoms with van der Waals surface area (Å²) in [5, 5.41) is 5.04. The quantitative estimate of drug-likeness (QED) is 0.853. The average molecular weight is 326 g/mol. The van der Waals surface area contributed by atoms with Gasteiger partial charge in [0.1, 0.15) is 0 Å². The highest BCUT2D eigenvalue weighted by Gasteiger charge is 2.14. The van der Waals surface area contributed by atoms with Crippen LogP contribution in [0.3, 0.4) is 0 Å². The Hall–Kier alpha value is -1.72. The molecule has 21 heavy (non-hydrogen) atoms. The normalized spacial score (nSPS) is 10.2. The Balaban J connectivity index is 2.26. The molecule has 0 spiro atoms. The van der Waals surface area contributed by atoms with E-state index >= 15 is 0 Å². The number of thiophene rings is 1. The molecular formula is C15H16ClNO3S. The summed E-state index contributed by atoms with van der Waals surface area (Å²) in [4.78, 5) is 12.7. The van der Waals surface area contributed by atoms with E-state index in [1.165, 1.54) is 11.3 Å². The maximum atomic E-state index is 12.1. The standard InChI is InChI=1S/C15H16ClNO3S/c1-3-19-12-8-10(16)11(9-13(12)20-4-2)17-15(18)14-6-5-7-21-14/h5-9H,3-4H2,1-2H3,(H,17,18). The summed E-state index contributed by atoms with van der Waals surface area (Å²) in [5.41, 5.74) is 0.502. The SMILES string of the molecule is CCOc1cc(Cl)c(NC(=O)c2cccs2)cc1OCC. The zero-order valence-electron chi connectivity index (χ0n) is 11.8. The Labute approximate surface area is 132 Å². The van der Waals surface area contributed by atoms with E-state index in [0.717, 1.165) is 0 Å². The summed E-state index contributed by atoms with van der Waals surface area (Å²) in [6.07, 6.45) is 0. The number of ether oxygens (including phenoxy) is 2. The van der Waals surface area contributed by atoms with Gasteiger partial charge >= 0.3 is 0 Å². The van der Waals surface area contributed by atoms with Crippen molar-refractivity contribution >= 4 is 34.5 Å². The molecule has 0 saturated heterocycles. The van der Waals surface area contributed by atoms with E-state index in [9.17, 15) is 4.79 Å². The Morgan fingerprint density at radius 1 is 1.24 bits per heavy atom. The first-order valence-corrected chi connectivity index (χ1v) is 7.85. The first-order chi connectivity index (χ1) is 10.2. The Kier molecular flexibility index (Phi) is 5.47. The largest absolute Gasteiger partial charge is 0.490 e. The predicted octanol–water partition coefficient (Wildman–Crippen LogP) is 4.45. The smallest absolute Gasteiger partial charge is 0.265 e. The number of rotatable bonds is 6. The van der Waals surface area contributed by atoms with Crippen molar-refractivity contribution in [2.75, 3.05) is 18.5 Å². The first-order valence-electron chi connectivity index (χ1n) is 6.59. The molecule has 112 valence electrons. The van der Waals surface area contributed by atoms with Crippen molar-refractivity contribution in [2.45, 2.75) is 13.8 Å². The number of carbonyl (C=O) groups is 1. The molecule has 0 aliphatic carbocycles. The molecule has 0 atom stereocenters. The molecule has 1 heterocycles. The Bertz CT molecular complexity index is 614. The number of anilines is 1. The van der Waals surface area contributed by atoms with Gasteiger partial charge in [-0.25, -0.2) is 0 Å². The third-order valence-corrected chi connectivity index (χ3v) is 3.81. The number of amides is 1. The highest BCUT2D eigenvalue weighted by Crippen LogP contribution is 2.36. The molecular weight excluding hydrogens is 310 g/mol. The summed E-state index contributed by atoms with van der Waals surface area (Å²) in [5.74, 6) is 0.933. The third kappa shape index (κ3) is 3.89. The van der Waals surface area contributed by atoms with Crippen molar-refractivity contribution in [3.63, 3.8) is 0 Å². The lowest BCUT2D eigenvalue weighted by molar-refractivity contribution is 0.103. The van der Waals surface area contributed by atoms with Gasteiger partial charge in [0.25, 0.3) is 5.91 Å². The molecule has 6 heteroatoms. The van der Waals surface area contributed by atoms with Crippen LogP contribution in [0, 0.1) is 0 Å². The summed E-state index contributed by atoms with van der Waals surface area (Å²) in [6.45, 7) is 4.78. The molecule has 0 unspecified atom stereocenters. The second-order valence-electron chi connectivity index (χ2n) is 4.08. The van der Waals surface area contributed by atoms with Gasteiger partial charge in [-0.05, 0) is 25.3 Å². The van der Waals surface area contributed by atoms with Gasteiger partial charge in [0.2, 0.25) is 0 Å². The molecule has 2 aromatic rings. The van der Waals surface area contributed by atoms with Crippen LogP contribution in [0.2, 0.25) is 5.02 Å². The van der Waals surface area contributed by atoms with Crippen LogP contribution in [0.25, 0.3) is 0 Å². The van der Waals surface area contributed by atoms with Crippen LogP contribution >= 0.6 is 22.9 Å². The fourth-order valence-electron chi connectivity index (χ4n) is 1.76. The molecule has 2 rings (SSSR count). The van der Waals surface area contributed by atoms with Crippen LogP contribution in [-0.4, -0.2) is 19.1 Å². The molecule has 0 aliphatic rings. The monoisotopic (exact) mass is 325 g/mol. The average Bonchev–Trinajstić information content (AvgIpc) is 2.98. The van der Waals surface area contributed by atoms with Crippen molar-refractivity contribution in [1.82, 2.24) is 0 Å². The highest BCUT2D eigenvalue weighted by molar-refractivity contribution is 7.12. The molecule has 0 saturated carbocycles. The number of carbonyl (C=O) groups excluding carboxylic acids is 1. The lowest BCUT2D eigenvalue weighted by Gasteiger charge is -2.14. The second kappa shape index (κ2) is 7.33. The minimum absolute atomic E-state index is 0.196. The van der Waals surface area contributed by atoms with Crippen LogP contribution in [0.15, 0.2) is 29.6 Å². The predicted molar refractivity (Wildman–Crippen MR) is 86.1 cm³/mol. The van der Waals surface area contributed by atoms with E-state index in [1.54, 1.807) is 18.2 Å². The van der Waals surface area contributed by atoms with E-state index in [0.29, 0.717) is 40.3 Å². The maximum absolute atomic E-state index is 12.1. The lowest BCUT2D eigenvalue weighted by atomic mass is 10.2. The summed E-state index contributed by atoms with van der Waals surface area (Å²) >= 11 is 7.57. The molecule has 0 aliphatic heterocycles. The second-order valence-corrected chi connectivity index (χ2v) is 5.43. The van der Waals surface area contributed by atoms with Crippen molar-refractivity contribution in [2.24, 2.45) is 0 Å². The van der Waals surface area contributed by atoms with Crippen LogP contribution in [0.1, 0.15) is 23.5 Å². The van der Waals surface area contributed by atoms with Crippen LogP contribution < -0.4 is 14.8 Å². The van der Waals surface area contributed by atoms with Gasteiger partial charge in [-0.15, -0.1) is 11.3 Å². The number of hydrogen-bond acceptors (Lipinski definition) is 4. The molecule has 0 radical (unpaired) electrons. The van der Waals surface area contributed by atoms with Gasteiger partial charge in [-0.1, -0.05) is 17.7 Å². The summed E-state index contributed by atoms with van der Waals surface area (Å²) < 4.78 is 11.0. The summed E-state index contributed by atoms with van der Waals surface area (Å²) in [7, 11) is 0. The van der Waals surface area contributed by atoms with E-state index < -0.39 is 0 Å². The van der Waals surface area contributed by atoms with E-state index in [2.05, 4.69) is 5.32 Å². The Morgan fingerprint density at radius 2 is 1.90 bits per heavy atom. The fourth-order valence-corrected chi connectivity index (χ4v) is 2.58. The van der Waals surface area contributed by atoms with Gasteiger partial charge in [-0.3, -0.25) is 4.79 Å². The zero-order chi connectivity index (χ0) is 15.2. The van der Waals surface area contributed by atoms with Crippen molar-refractivity contribution in [1.29, 1.82) is 0 Å². The first kappa shape index (κ1) is 15.7. The van der Waals surface area contributed by atoms with Gasteiger partial charge in [-0.2, -0.15) is 0 Å². The molecule has 1 N–H and O–H groups in total. The molecule has 1 aromatic carbocycles. The zero-order valence-corrected chi connectivity index (χ0v) is 13.4. The van der Waals surface area contributed by atoms with Crippen molar-refractivity contribution < 1.29 is 14.3 Å². The fraction of sp³-hybridized carbons (Fsp3) is 0.267. The number of halogens is 1.